The molecule has 3 aromatic rings. The molecular formula is C19H16N2. The fraction of sp³-hybridized carbons (Fsp3) is 0.105. The Hall–Kier alpha value is -2.61. The van der Waals surface area contributed by atoms with Gasteiger partial charge in [0.25, 0.3) is 0 Å². The molecule has 1 aliphatic rings. The first-order chi connectivity index (χ1) is 10.4. The molecular weight excluding hydrogens is 256 g/mol. The van der Waals surface area contributed by atoms with Gasteiger partial charge in [-0.15, -0.1) is 0 Å². The lowest BCUT2D eigenvalue weighted by atomic mass is 9.82. The van der Waals surface area contributed by atoms with Crippen LogP contribution < -0.4 is 0 Å². The van der Waals surface area contributed by atoms with Gasteiger partial charge in [0.15, 0.2) is 0 Å². The van der Waals surface area contributed by atoms with E-state index in [0.29, 0.717) is 0 Å². The second-order valence-electron chi connectivity index (χ2n) is 5.39. The summed E-state index contributed by atoms with van der Waals surface area (Å²) in [5.74, 6) is 0.279. The van der Waals surface area contributed by atoms with Crippen LogP contribution in [0.1, 0.15) is 22.6 Å². The molecule has 2 aromatic heterocycles. The fourth-order valence-corrected chi connectivity index (χ4v) is 3.07. The van der Waals surface area contributed by atoms with E-state index in [-0.39, 0.29) is 5.92 Å². The van der Waals surface area contributed by atoms with Gasteiger partial charge in [-0.3, -0.25) is 4.98 Å². The van der Waals surface area contributed by atoms with Crippen molar-refractivity contribution in [3.63, 3.8) is 0 Å². The van der Waals surface area contributed by atoms with E-state index >= 15 is 0 Å². The van der Waals surface area contributed by atoms with Crippen LogP contribution in [0.3, 0.4) is 0 Å². The van der Waals surface area contributed by atoms with Gasteiger partial charge in [-0.2, -0.15) is 0 Å². The summed E-state index contributed by atoms with van der Waals surface area (Å²) in [4.78, 5) is 4.28. The van der Waals surface area contributed by atoms with Crippen molar-refractivity contribution in [2.45, 2.75) is 12.3 Å². The van der Waals surface area contributed by atoms with Crippen molar-refractivity contribution in [3.05, 3.63) is 96.1 Å². The number of hydrogen-bond donors (Lipinski definition) is 0. The Morgan fingerprint density at radius 2 is 1.81 bits per heavy atom. The normalized spacial score (nSPS) is 17.1. The van der Waals surface area contributed by atoms with Crippen molar-refractivity contribution in [2.24, 2.45) is 0 Å². The lowest BCUT2D eigenvalue weighted by Crippen LogP contribution is -2.12. The number of aromatic nitrogens is 2. The Morgan fingerprint density at radius 3 is 2.62 bits per heavy atom. The van der Waals surface area contributed by atoms with Crippen LogP contribution in [0.2, 0.25) is 0 Å². The molecule has 0 saturated carbocycles. The first-order valence-corrected chi connectivity index (χ1v) is 7.23. The molecule has 1 aliphatic carbocycles. The lowest BCUT2D eigenvalue weighted by molar-refractivity contribution is 0.907. The van der Waals surface area contributed by atoms with Gasteiger partial charge in [0, 0.05) is 42.8 Å². The van der Waals surface area contributed by atoms with Crippen molar-refractivity contribution in [2.75, 3.05) is 0 Å². The van der Waals surface area contributed by atoms with Crippen LogP contribution in [0.5, 0.6) is 0 Å². The number of nitrogens with zero attached hydrogens (tertiary/aromatic N) is 2. The highest BCUT2D eigenvalue weighted by atomic mass is 14.9. The molecule has 0 aliphatic heterocycles. The topological polar surface area (TPSA) is 17.8 Å². The number of rotatable bonds is 2. The molecule has 0 saturated heterocycles. The standard InChI is InChI=1S/C19H16N2/c1-2-8-18-15(6-1)12-17(21-10-3-4-11-21)13-19(18)16-7-5-9-20-14-16/h1-11,13-14,19H,12H2. The molecule has 4 rings (SSSR count). The Labute approximate surface area is 124 Å². The van der Waals surface area contributed by atoms with Crippen LogP contribution in [0, 0.1) is 0 Å². The van der Waals surface area contributed by atoms with Crippen LogP contribution >= 0.6 is 0 Å². The zero-order valence-electron chi connectivity index (χ0n) is 11.7. The summed E-state index contributed by atoms with van der Waals surface area (Å²) in [6, 6.07) is 17.0. The third-order valence-electron chi connectivity index (χ3n) is 4.10. The van der Waals surface area contributed by atoms with Crippen molar-refractivity contribution < 1.29 is 0 Å². The van der Waals surface area contributed by atoms with Crippen LogP contribution in [0.25, 0.3) is 5.70 Å². The van der Waals surface area contributed by atoms with Crippen LogP contribution in [0.15, 0.2) is 79.4 Å². The molecule has 1 unspecified atom stereocenters. The van der Waals surface area contributed by atoms with Crippen molar-refractivity contribution in [1.82, 2.24) is 9.55 Å². The Balaban J connectivity index is 1.86. The molecule has 0 amide bonds. The zero-order valence-corrected chi connectivity index (χ0v) is 11.7. The average Bonchev–Trinajstić information content (AvgIpc) is 3.09. The first kappa shape index (κ1) is 12.2. The number of benzene rings is 1. The summed E-state index contributed by atoms with van der Waals surface area (Å²) in [7, 11) is 0. The van der Waals surface area contributed by atoms with Gasteiger partial charge in [0.05, 0.1) is 0 Å². The summed E-state index contributed by atoms with van der Waals surface area (Å²) in [5.41, 5.74) is 5.36. The molecule has 21 heavy (non-hydrogen) atoms. The second-order valence-corrected chi connectivity index (χ2v) is 5.39. The maximum atomic E-state index is 4.28. The monoisotopic (exact) mass is 272 g/mol. The number of hydrogen-bond acceptors (Lipinski definition) is 1. The molecule has 102 valence electrons. The summed E-state index contributed by atoms with van der Waals surface area (Å²) in [6.07, 6.45) is 11.4. The summed E-state index contributed by atoms with van der Waals surface area (Å²) in [6.45, 7) is 0. The second kappa shape index (κ2) is 5.06. The third kappa shape index (κ3) is 2.19. The summed E-state index contributed by atoms with van der Waals surface area (Å²) in [5, 5.41) is 0. The largest absolute Gasteiger partial charge is 0.328 e. The van der Waals surface area contributed by atoms with Gasteiger partial charge in [0.2, 0.25) is 0 Å². The van der Waals surface area contributed by atoms with Gasteiger partial charge in [-0.1, -0.05) is 36.4 Å². The van der Waals surface area contributed by atoms with Crippen LogP contribution in [-0.4, -0.2) is 9.55 Å². The van der Waals surface area contributed by atoms with Gasteiger partial charge in [0.1, 0.15) is 0 Å². The van der Waals surface area contributed by atoms with Crippen molar-refractivity contribution >= 4 is 5.70 Å². The molecule has 1 atom stereocenters. The summed E-state index contributed by atoms with van der Waals surface area (Å²) < 4.78 is 2.21. The van der Waals surface area contributed by atoms with E-state index in [9.17, 15) is 0 Å². The predicted molar refractivity (Wildman–Crippen MR) is 84.9 cm³/mol. The smallest absolute Gasteiger partial charge is 0.0309 e. The minimum Gasteiger partial charge on any atom is -0.328 e. The molecule has 2 nitrogen and oxygen atoms in total. The van der Waals surface area contributed by atoms with E-state index in [1.165, 1.54) is 22.4 Å². The van der Waals surface area contributed by atoms with Crippen molar-refractivity contribution in [1.29, 1.82) is 0 Å². The highest BCUT2D eigenvalue weighted by Gasteiger charge is 2.21. The fourth-order valence-electron chi connectivity index (χ4n) is 3.07. The average molecular weight is 272 g/mol. The minimum absolute atomic E-state index is 0.279. The number of fused-ring (bicyclic) bond motifs is 1. The van der Waals surface area contributed by atoms with Crippen molar-refractivity contribution in [3.8, 4) is 0 Å². The highest BCUT2D eigenvalue weighted by molar-refractivity contribution is 5.60. The highest BCUT2D eigenvalue weighted by Crippen LogP contribution is 2.36. The molecule has 0 N–H and O–H groups in total. The zero-order chi connectivity index (χ0) is 14.1. The van der Waals surface area contributed by atoms with Gasteiger partial charge in [-0.25, -0.2) is 0 Å². The van der Waals surface area contributed by atoms with E-state index in [1.807, 2.05) is 18.5 Å². The minimum atomic E-state index is 0.279. The molecule has 0 bridgehead atoms. The quantitative estimate of drug-likeness (QED) is 0.686. The van der Waals surface area contributed by atoms with E-state index < -0.39 is 0 Å². The molecule has 2 heterocycles. The van der Waals surface area contributed by atoms with E-state index in [2.05, 4.69) is 70.5 Å². The van der Waals surface area contributed by atoms with E-state index in [4.69, 9.17) is 0 Å². The maximum absolute atomic E-state index is 4.28. The molecule has 0 radical (unpaired) electrons. The summed E-state index contributed by atoms with van der Waals surface area (Å²) >= 11 is 0. The number of pyridine rings is 1. The van der Waals surface area contributed by atoms with E-state index in [1.54, 1.807) is 0 Å². The molecule has 2 heteroatoms. The predicted octanol–water partition coefficient (Wildman–Crippen LogP) is 4.11. The maximum Gasteiger partial charge on any atom is 0.0309 e. The SMILES string of the molecule is C1=C(n2cccc2)Cc2ccccc2C1c1cccnc1. The Kier molecular flexibility index (Phi) is 2.93. The van der Waals surface area contributed by atoms with Gasteiger partial charge in [-0.05, 0) is 34.9 Å². The third-order valence-corrected chi connectivity index (χ3v) is 4.10. The Morgan fingerprint density at radius 1 is 0.952 bits per heavy atom. The first-order valence-electron chi connectivity index (χ1n) is 7.23. The van der Waals surface area contributed by atoms with E-state index in [0.717, 1.165) is 6.42 Å². The van der Waals surface area contributed by atoms with Gasteiger partial charge >= 0.3 is 0 Å². The molecule has 1 aromatic carbocycles. The van der Waals surface area contributed by atoms with Gasteiger partial charge < -0.3 is 4.57 Å². The van der Waals surface area contributed by atoms with Crippen LogP contribution in [0.4, 0.5) is 0 Å². The Bertz CT molecular complexity index is 770. The van der Waals surface area contributed by atoms with Crippen LogP contribution in [-0.2, 0) is 6.42 Å². The number of allylic oxidation sites excluding steroid dienone is 2. The molecule has 0 fully saturated rings. The molecule has 0 spiro atoms. The lowest BCUT2D eigenvalue weighted by Gasteiger charge is -2.25.